The molecular formula is C20H33N3O. The number of aromatic nitrogens is 2. The van der Waals surface area contributed by atoms with Gasteiger partial charge in [-0.15, -0.1) is 0 Å². The van der Waals surface area contributed by atoms with Crippen molar-refractivity contribution in [3.8, 4) is 0 Å². The molecule has 1 saturated heterocycles. The Balaban J connectivity index is 1.40. The van der Waals surface area contributed by atoms with Crippen LogP contribution >= 0.6 is 0 Å². The molecule has 0 bridgehead atoms. The summed E-state index contributed by atoms with van der Waals surface area (Å²) in [6.45, 7) is 9.80. The normalized spacial score (nSPS) is 26.8. The van der Waals surface area contributed by atoms with Crippen LogP contribution in [0.3, 0.4) is 0 Å². The molecule has 0 aromatic carbocycles. The van der Waals surface area contributed by atoms with Gasteiger partial charge in [0, 0.05) is 37.7 Å². The van der Waals surface area contributed by atoms with Crippen molar-refractivity contribution in [2.24, 2.45) is 17.8 Å². The fraction of sp³-hybridized carbons (Fsp3) is 0.800. The monoisotopic (exact) mass is 331 g/mol. The Morgan fingerprint density at radius 1 is 1.17 bits per heavy atom. The molecule has 0 radical (unpaired) electrons. The van der Waals surface area contributed by atoms with Crippen LogP contribution in [0.1, 0.15) is 64.0 Å². The zero-order valence-electron chi connectivity index (χ0n) is 15.6. The summed E-state index contributed by atoms with van der Waals surface area (Å²) >= 11 is 0. The lowest BCUT2D eigenvalue weighted by Gasteiger charge is -2.36. The van der Waals surface area contributed by atoms with Crippen LogP contribution in [0, 0.1) is 24.7 Å². The molecule has 1 aromatic rings. The predicted octanol–water partition coefficient (Wildman–Crippen LogP) is 3.86. The van der Waals surface area contributed by atoms with E-state index >= 15 is 0 Å². The van der Waals surface area contributed by atoms with E-state index < -0.39 is 0 Å². The zero-order chi connectivity index (χ0) is 17.1. The standard InChI is InChI=1S/C20H33N3O/c1-15(2)20(24)18-6-4-17(5-7-18)14-22-10-8-19(9-11-22)23-13-16(3)12-21-23/h12-13,15,17-19H,4-11,14H2,1-3H3. The highest BCUT2D eigenvalue weighted by molar-refractivity contribution is 5.82. The molecule has 1 aliphatic carbocycles. The molecule has 134 valence electrons. The molecule has 2 aliphatic rings. The quantitative estimate of drug-likeness (QED) is 0.822. The third kappa shape index (κ3) is 4.27. The van der Waals surface area contributed by atoms with Crippen molar-refractivity contribution in [1.29, 1.82) is 0 Å². The summed E-state index contributed by atoms with van der Waals surface area (Å²) in [5.74, 6) is 1.83. The van der Waals surface area contributed by atoms with Crippen molar-refractivity contribution in [3.63, 3.8) is 0 Å². The summed E-state index contributed by atoms with van der Waals surface area (Å²) in [6, 6.07) is 0.578. The fourth-order valence-electron chi connectivity index (χ4n) is 4.47. The number of likely N-dealkylation sites (tertiary alicyclic amines) is 1. The molecule has 2 fully saturated rings. The van der Waals surface area contributed by atoms with Gasteiger partial charge in [-0.3, -0.25) is 9.48 Å². The number of hydrogen-bond donors (Lipinski definition) is 0. The minimum Gasteiger partial charge on any atom is -0.303 e. The van der Waals surface area contributed by atoms with Gasteiger partial charge in [0.05, 0.1) is 12.2 Å². The molecule has 0 unspecified atom stereocenters. The Morgan fingerprint density at radius 2 is 1.83 bits per heavy atom. The lowest BCUT2D eigenvalue weighted by atomic mass is 9.77. The lowest BCUT2D eigenvalue weighted by molar-refractivity contribution is -0.127. The summed E-state index contributed by atoms with van der Waals surface area (Å²) in [5.41, 5.74) is 1.25. The third-order valence-corrected chi connectivity index (χ3v) is 6.00. The first-order valence-corrected chi connectivity index (χ1v) is 9.79. The summed E-state index contributed by atoms with van der Waals surface area (Å²) in [7, 11) is 0. The number of rotatable bonds is 5. The van der Waals surface area contributed by atoms with Gasteiger partial charge in [-0.05, 0) is 56.9 Å². The summed E-state index contributed by atoms with van der Waals surface area (Å²) < 4.78 is 2.16. The molecule has 4 nitrogen and oxygen atoms in total. The van der Waals surface area contributed by atoms with Gasteiger partial charge in [0.15, 0.2) is 0 Å². The molecule has 0 atom stereocenters. The SMILES string of the molecule is Cc1cnn(C2CCN(CC3CCC(C(=O)C(C)C)CC3)CC2)c1. The molecule has 24 heavy (non-hydrogen) atoms. The van der Waals surface area contributed by atoms with Crippen molar-refractivity contribution < 1.29 is 4.79 Å². The van der Waals surface area contributed by atoms with E-state index in [4.69, 9.17) is 0 Å². The second-order valence-electron chi connectivity index (χ2n) is 8.30. The van der Waals surface area contributed by atoms with Gasteiger partial charge in [0.1, 0.15) is 5.78 Å². The van der Waals surface area contributed by atoms with E-state index in [1.54, 1.807) is 0 Å². The Morgan fingerprint density at radius 3 is 2.38 bits per heavy atom. The average Bonchev–Trinajstić information content (AvgIpc) is 3.02. The van der Waals surface area contributed by atoms with Crippen molar-refractivity contribution in [2.45, 2.75) is 65.3 Å². The van der Waals surface area contributed by atoms with E-state index in [-0.39, 0.29) is 5.92 Å². The molecule has 0 spiro atoms. The predicted molar refractivity (Wildman–Crippen MR) is 97.0 cm³/mol. The number of aryl methyl sites for hydroxylation is 1. The van der Waals surface area contributed by atoms with Crippen LogP contribution in [-0.2, 0) is 4.79 Å². The van der Waals surface area contributed by atoms with Gasteiger partial charge in [-0.2, -0.15) is 5.10 Å². The first-order chi connectivity index (χ1) is 11.5. The number of piperidine rings is 1. The second kappa shape index (κ2) is 7.81. The molecule has 3 rings (SSSR count). The summed E-state index contributed by atoms with van der Waals surface area (Å²) in [6.07, 6.45) is 11.3. The highest BCUT2D eigenvalue weighted by Crippen LogP contribution is 2.32. The highest BCUT2D eigenvalue weighted by atomic mass is 16.1. The van der Waals surface area contributed by atoms with E-state index in [0.717, 1.165) is 18.8 Å². The average molecular weight is 332 g/mol. The number of Topliss-reactive ketones (excluding diaryl/α,β-unsaturated/α-hetero) is 1. The van der Waals surface area contributed by atoms with Crippen LogP contribution in [0.25, 0.3) is 0 Å². The van der Waals surface area contributed by atoms with E-state index in [1.807, 2.05) is 20.0 Å². The van der Waals surface area contributed by atoms with Crippen LogP contribution in [0.5, 0.6) is 0 Å². The van der Waals surface area contributed by atoms with Gasteiger partial charge in [-0.1, -0.05) is 13.8 Å². The molecule has 0 amide bonds. The second-order valence-corrected chi connectivity index (χ2v) is 8.30. The molecule has 2 heterocycles. The van der Waals surface area contributed by atoms with Gasteiger partial charge in [-0.25, -0.2) is 0 Å². The zero-order valence-corrected chi connectivity index (χ0v) is 15.6. The summed E-state index contributed by atoms with van der Waals surface area (Å²) in [5, 5.41) is 4.49. The Bertz CT molecular complexity index is 535. The smallest absolute Gasteiger partial charge is 0.138 e. The maximum atomic E-state index is 12.1. The van der Waals surface area contributed by atoms with E-state index in [1.165, 1.54) is 50.9 Å². The largest absolute Gasteiger partial charge is 0.303 e. The van der Waals surface area contributed by atoms with Crippen LogP contribution in [0.4, 0.5) is 0 Å². The van der Waals surface area contributed by atoms with Crippen LogP contribution in [0.2, 0.25) is 0 Å². The number of carbonyl (C=O) groups excluding carboxylic acids is 1. The molecule has 0 N–H and O–H groups in total. The number of nitrogens with zero attached hydrogens (tertiary/aromatic N) is 3. The number of carbonyl (C=O) groups is 1. The van der Waals surface area contributed by atoms with Crippen molar-refractivity contribution in [3.05, 3.63) is 18.0 Å². The van der Waals surface area contributed by atoms with Crippen molar-refractivity contribution >= 4 is 5.78 Å². The minimum absolute atomic E-state index is 0.205. The molecule has 1 aliphatic heterocycles. The summed E-state index contributed by atoms with van der Waals surface area (Å²) in [4.78, 5) is 14.8. The maximum absolute atomic E-state index is 12.1. The maximum Gasteiger partial charge on any atom is 0.138 e. The first-order valence-electron chi connectivity index (χ1n) is 9.79. The Labute approximate surface area is 146 Å². The highest BCUT2D eigenvalue weighted by Gasteiger charge is 2.29. The fourth-order valence-corrected chi connectivity index (χ4v) is 4.47. The van der Waals surface area contributed by atoms with Crippen LogP contribution < -0.4 is 0 Å². The van der Waals surface area contributed by atoms with E-state index in [0.29, 0.717) is 17.7 Å². The number of hydrogen-bond acceptors (Lipinski definition) is 3. The van der Waals surface area contributed by atoms with Gasteiger partial charge in [0.2, 0.25) is 0 Å². The molecule has 4 heteroatoms. The van der Waals surface area contributed by atoms with Crippen molar-refractivity contribution in [1.82, 2.24) is 14.7 Å². The lowest BCUT2D eigenvalue weighted by Crippen LogP contribution is -2.39. The Kier molecular flexibility index (Phi) is 5.75. The van der Waals surface area contributed by atoms with Gasteiger partial charge >= 0.3 is 0 Å². The third-order valence-electron chi connectivity index (χ3n) is 6.00. The Hall–Kier alpha value is -1.16. The molecule has 1 aromatic heterocycles. The van der Waals surface area contributed by atoms with E-state index in [2.05, 4.69) is 27.8 Å². The van der Waals surface area contributed by atoms with Gasteiger partial charge < -0.3 is 4.90 Å². The topological polar surface area (TPSA) is 38.1 Å². The molecular weight excluding hydrogens is 298 g/mol. The van der Waals surface area contributed by atoms with E-state index in [9.17, 15) is 4.79 Å². The van der Waals surface area contributed by atoms with Crippen LogP contribution in [-0.4, -0.2) is 40.1 Å². The number of ketones is 1. The molecule has 1 saturated carbocycles. The minimum atomic E-state index is 0.205. The van der Waals surface area contributed by atoms with Crippen molar-refractivity contribution in [2.75, 3.05) is 19.6 Å². The van der Waals surface area contributed by atoms with Crippen LogP contribution in [0.15, 0.2) is 12.4 Å². The first kappa shape index (κ1) is 17.7. The van der Waals surface area contributed by atoms with Gasteiger partial charge in [0.25, 0.3) is 0 Å².